The Bertz CT molecular complexity index is 799. The Morgan fingerprint density at radius 2 is 1.86 bits per heavy atom. The van der Waals surface area contributed by atoms with Crippen LogP contribution >= 0.6 is 23.5 Å². The van der Waals surface area contributed by atoms with Crippen LogP contribution in [0, 0.1) is 0 Å². The summed E-state index contributed by atoms with van der Waals surface area (Å²) in [6.07, 6.45) is 1.25. The highest BCUT2D eigenvalue weighted by atomic mass is 32.2. The second kappa shape index (κ2) is 10.7. The van der Waals surface area contributed by atoms with E-state index in [1.807, 2.05) is 47.8 Å². The van der Waals surface area contributed by atoms with Gasteiger partial charge in [0, 0.05) is 0 Å². The number of thioether (sulfide) groups is 2. The van der Waals surface area contributed by atoms with Crippen LogP contribution in [0.4, 0.5) is 8.78 Å². The molecular weight excluding hydrogens is 416 g/mol. The van der Waals surface area contributed by atoms with Crippen LogP contribution in [0.25, 0.3) is 0 Å². The Morgan fingerprint density at radius 3 is 2.55 bits per heavy atom. The molecule has 0 radical (unpaired) electrons. The van der Waals surface area contributed by atoms with Gasteiger partial charge in [0.15, 0.2) is 6.61 Å². The van der Waals surface area contributed by atoms with Crippen LogP contribution in [-0.2, 0) is 4.79 Å². The molecule has 1 aliphatic rings. The van der Waals surface area contributed by atoms with Crippen molar-refractivity contribution in [3.63, 3.8) is 0 Å². The number of nitrogens with one attached hydrogen (secondary N) is 1. The molecule has 1 saturated heterocycles. The van der Waals surface area contributed by atoms with E-state index in [2.05, 4.69) is 10.1 Å². The number of carbonyl (C=O) groups is 1. The molecule has 29 heavy (non-hydrogen) atoms. The molecule has 1 amide bonds. The van der Waals surface area contributed by atoms with Gasteiger partial charge < -0.3 is 14.8 Å². The van der Waals surface area contributed by atoms with E-state index in [0.717, 1.165) is 0 Å². The largest absolute Gasteiger partial charge is 0.484 e. The number of ether oxygens (including phenoxy) is 2. The smallest absolute Gasteiger partial charge is 0.387 e. The van der Waals surface area contributed by atoms with Gasteiger partial charge >= 0.3 is 6.61 Å². The van der Waals surface area contributed by atoms with Crippen molar-refractivity contribution in [3.8, 4) is 11.5 Å². The zero-order chi connectivity index (χ0) is 20.6. The fourth-order valence-corrected chi connectivity index (χ4v) is 5.77. The van der Waals surface area contributed by atoms with Crippen molar-refractivity contribution in [2.24, 2.45) is 0 Å². The summed E-state index contributed by atoms with van der Waals surface area (Å²) in [5.41, 5.74) is 1.93. The number of rotatable bonds is 8. The summed E-state index contributed by atoms with van der Waals surface area (Å²) in [4.78, 5) is 12.2. The summed E-state index contributed by atoms with van der Waals surface area (Å²) in [6.45, 7) is -1.23. The van der Waals surface area contributed by atoms with Gasteiger partial charge in [0.05, 0.1) is 10.6 Å². The van der Waals surface area contributed by atoms with Gasteiger partial charge in [-0.25, -0.2) is 0 Å². The molecule has 2 aromatic rings. The van der Waals surface area contributed by atoms with Crippen molar-refractivity contribution >= 4 is 29.4 Å². The standard InChI is InChI=1S/C21H23F2NO3S2/c1-14(16-4-2-5-18(12-16)27-21(22)23)24-19(25)13-26-17-8-6-15(7-9-17)20-28-10-3-11-29-20/h2,4-9,12,14,20-21H,3,10-11,13H2,1H3,(H,24,25). The first kappa shape index (κ1) is 21.8. The Balaban J connectivity index is 1.48. The quantitative estimate of drug-likeness (QED) is 0.596. The van der Waals surface area contributed by atoms with Crippen molar-refractivity contribution in [2.75, 3.05) is 18.1 Å². The number of benzene rings is 2. The Hall–Kier alpha value is -1.93. The van der Waals surface area contributed by atoms with Gasteiger partial charge in [-0.3, -0.25) is 4.79 Å². The predicted octanol–water partition coefficient (Wildman–Crippen LogP) is 5.41. The molecular formula is C21H23F2NO3S2. The van der Waals surface area contributed by atoms with E-state index in [4.69, 9.17) is 4.74 Å². The zero-order valence-electron chi connectivity index (χ0n) is 16.0. The summed E-state index contributed by atoms with van der Waals surface area (Å²) >= 11 is 3.91. The maximum absolute atomic E-state index is 12.3. The van der Waals surface area contributed by atoms with E-state index in [9.17, 15) is 13.6 Å². The van der Waals surface area contributed by atoms with Gasteiger partial charge in [-0.15, -0.1) is 23.5 Å². The molecule has 0 aromatic heterocycles. The lowest BCUT2D eigenvalue weighted by atomic mass is 10.1. The molecule has 4 nitrogen and oxygen atoms in total. The molecule has 2 aromatic carbocycles. The molecule has 8 heteroatoms. The first-order chi connectivity index (χ1) is 14.0. The van der Waals surface area contributed by atoms with Crippen LogP contribution in [0.2, 0.25) is 0 Å². The van der Waals surface area contributed by atoms with E-state index in [1.54, 1.807) is 19.1 Å². The molecule has 0 bridgehead atoms. The average molecular weight is 440 g/mol. The van der Waals surface area contributed by atoms with Crippen LogP contribution in [0.1, 0.15) is 35.1 Å². The summed E-state index contributed by atoms with van der Waals surface area (Å²) in [7, 11) is 0. The third kappa shape index (κ3) is 6.82. The van der Waals surface area contributed by atoms with Crippen molar-refractivity contribution in [1.29, 1.82) is 0 Å². The van der Waals surface area contributed by atoms with E-state index in [-0.39, 0.29) is 24.3 Å². The van der Waals surface area contributed by atoms with Gasteiger partial charge in [-0.2, -0.15) is 8.78 Å². The minimum atomic E-state index is -2.88. The van der Waals surface area contributed by atoms with E-state index < -0.39 is 6.61 Å². The lowest BCUT2D eigenvalue weighted by Crippen LogP contribution is -2.31. The second-order valence-corrected chi connectivity index (χ2v) is 9.25. The van der Waals surface area contributed by atoms with Gasteiger partial charge in [0.2, 0.25) is 0 Å². The van der Waals surface area contributed by atoms with Gasteiger partial charge in [-0.05, 0) is 60.2 Å². The Morgan fingerprint density at radius 1 is 1.14 bits per heavy atom. The highest BCUT2D eigenvalue weighted by Gasteiger charge is 2.17. The van der Waals surface area contributed by atoms with Crippen LogP contribution in [0.5, 0.6) is 11.5 Å². The van der Waals surface area contributed by atoms with Gasteiger partial charge in [0.1, 0.15) is 11.5 Å². The normalized spacial score (nSPS) is 15.7. The molecule has 0 aliphatic carbocycles. The molecule has 1 N–H and O–H groups in total. The molecule has 0 spiro atoms. The fourth-order valence-electron chi connectivity index (χ4n) is 2.88. The van der Waals surface area contributed by atoms with Gasteiger partial charge in [-0.1, -0.05) is 24.3 Å². The lowest BCUT2D eigenvalue weighted by Gasteiger charge is -2.21. The molecule has 1 atom stereocenters. The maximum Gasteiger partial charge on any atom is 0.387 e. The molecule has 1 heterocycles. The Labute approximate surface area is 177 Å². The van der Waals surface area contributed by atoms with Crippen molar-refractivity contribution < 1.29 is 23.0 Å². The summed E-state index contributed by atoms with van der Waals surface area (Å²) in [5.74, 6) is 2.77. The van der Waals surface area contributed by atoms with Gasteiger partial charge in [0.25, 0.3) is 5.91 Å². The third-order valence-electron chi connectivity index (χ3n) is 4.31. The zero-order valence-corrected chi connectivity index (χ0v) is 17.6. The number of alkyl halides is 2. The second-order valence-electron chi connectivity index (χ2n) is 6.52. The van der Waals surface area contributed by atoms with E-state index in [0.29, 0.717) is 15.9 Å². The minimum Gasteiger partial charge on any atom is -0.484 e. The molecule has 1 unspecified atom stereocenters. The SMILES string of the molecule is CC(NC(=O)COc1ccc(C2SCCCS2)cc1)c1cccc(OC(F)F)c1. The van der Waals surface area contributed by atoms with Crippen molar-refractivity contribution in [2.45, 2.75) is 30.6 Å². The number of hydrogen-bond acceptors (Lipinski definition) is 5. The number of carbonyl (C=O) groups excluding carboxylic acids is 1. The molecule has 1 fully saturated rings. The molecule has 3 rings (SSSR count). The summed E-state index contributed by atoms with van der Waals surface area (Å²) < 4.78 is 35.1. The number of amides is 1. The topological polar surface area (TPSA) is 47.6 Å². The van der Waals surface area contributed by atoms with Crippen LogP contribution in [-0.4, -0.2) is 30.6 Å². The van der Waals surface area contributed by atoms with Crippen molar-refractivity contribution in [3.05, 3.63) is 59.7 Å². The van der Waals surface area contributed by atoms with Crippen LogP contribution in [0.3, 0.4) is 0 Å². The van der Waals surface area contributed by atoms with Crippen LogP contribution < -0.4 is 14.8 Å². The number of halogens is 2. The van der Waals surface area contributed by atoms with Crippen molar-refractivity contribution in [1.82, 2.24) is 5.32 Å². The minimum absolute atomic E-state index is 0.0595. The first-order valence-electron chi connectivity index (χ1n) is 9.31. The summed E-state index contributed by atoms with van der Waals surface area (Å²) in [6, 6.07) is 13.8. The fraction of sp³-hybridized carbons (Fsp3) is 0.381. The monoisotopic (exact) mass is 439 g/mol. The van der Waals surface area contributed by atoms with E-state index in [1.165, 1.54) is 35.6 Å². The Kier molecular flexibility index (Phi) is 8.06. The number of hydrogen-bond donors (Lipinski definition) is 1. The lowest BCUT2D eigenvalue weighted by molar-refractivity contribution is -0.123. The maximum atomic E-state index is 12.3. The average Bonchev–Trinajstić information content (AvgIpc) is 2.73. The first-order valence-corrected chi connectivity index (χ1v) is 11.4. The van der Waals surface area contributed by atoms with Crippen LogP contribution in [0.15, 0.2) is 48.5 Å². The predicted molar refractivity (Wildman–Crippen MR) is 114 cm³/mol. The van der Waals surface area contributed by atoms with E-state index >= 15 is 0 Å². The summed E-state index contributed by atoms with van der Waals surface area (Å²) in [5, 5.41) is 2.80. The molecule has 0 saturated carbocycles. The highest BCUT2D eigenvalue weighted by molar-refractivity contribution is 8.16. The molecule has 1 aliphatic heterocycles. The molecule has 156 valence electrons. The third-order valence-corrected chi connectivity index (χ3v) is 7.33. The highest BCUT2D eigenvalue weighted by Crippen LogP contribution is 2.43.